The highest BCUT2D eigenvalue weighted by molar-refractivity contribution is 5.94. The molecule has 0 saturated carbocycles. The van der Waals surface area contributed by atoms with E-state index in [1.54, 1.807) is 12.1 Å². The highest BCUT2D eigenvalue weighted by Gasteiger charge is 2.23. The number of nitrogens with zero attached hydrogens (tertiary/aromatic N) is 5. The van der Waals surface area contributed by atoms with Crippen molar-refractivity contribution in [2.24, 2.45) is 0 Å². The third-order valence-electron chi connectivity index (χ3n) is 4.82. The van der Waals surface area contributed by atoms with E-state index in [4.69, 9.17) is 4.98 Å². The number of fused-ring (bicyclic) bond motifs is 4. The Morgan fingerprint density at radius 3 is 2.88 bits per heavy atom. The van der Waals surface area contributed by atoms with Crippen LogP contribution in [0.25, 0.3) is 16.7 Å². The van der Waals surface area contributed by atoms with Crippen LogP contribution in [0.4, 0.5) is 15.9 Å². The lowest BCUT2D eigenvalue weighted by Crippen LogP contribution is -2.25. The van der Waals surface area contributed by atoms with E-state index in [2.05, 4.69) is 33.3 Å². The Balaban J connectivity index is 1.86. The molecule has 0 N–H and O–H groups in total. The zero-order valence-corrected chi connectivity index (χ0v) is 13.8. The molecular formula is C19H16FN5. The zero-order valence-electron chi connectivity index (χ0n) is 13.8. The van der Waals surface area contributed by atoms with Crippen LogP contribution in [0.15, 0.2) is 42.5 Å². The summed E-state index contributed by atoms with van der Waals surface area (Å²) in [6, 6.07) is 13.1. The van der Waals surface area contributed by atoms with Crippen LogP contribution in [0.3, 0.4) is 0 Å². The number of anilines is 2. The van der Waals surface area contributed by atoms with Crippen molar-refractivity contribution in [3.05, 3.63) is 59.7 Å². The molecule has 4 aromatic rings. The van der Waals surface area contributed by atoms with Gasteiger partial charge in [-0.15, -0.1) is 10.2 Å². The first-order valence-corrected chi connectivity index (χ1v) is 8.39. The minimum absolute atomic E-state index is 0.272. The minimum Gasteiger partial charge on any atom is -0.325 e. The average molecular weight is 333 g/mol. The lowest BCUT2D eigenvalue weighted by molar-refractivity contribution is 0.629. The molecule has 5 rings (SSSR count). The predicted molar refractivity (Wildman–Crippen MR) is 94.8 cm³/mol. The number of rotatable bonds is 1. The van der Waals surface area contributed by atoms with E-state index in [1.807, 2.05) is 17.4 Å². The van der Waals surface area contributed by atoms with Gasteiger partial charge in [-0.25, -0.2) is 4.39 Å². The molecule has 3 heterocycles. The van der Waals surface area contributed by atoms with Crippen molar-refractivity contribution in [2.45, 2.75) is 19.8 Å². The second kappa shape index (κ2) is 5.24. The molecule has 0 amide bonds. The maximum atomic E-state index is 14.0. The van der Waals surface area contributed by atoms with Gasteiger partial charge in [0.2, 0.25) is 0 Å². The third kappa shape index (κ3) is 2.10. The first-order chi connectivity index (χ1) is 12.2. The fourth-order valence-electron chi connectivity index (χ4n) is 3.70. The highest BCUT2D eigenvalue weighted by atomic mass is 19.1. The average Bonchev–Trinajstić information content (AvgIpc) is 3.01. The summed E-state index contributed by atoms with van der Waals surface area (Å²) in [7, 11) is 0. The first kappa shape index (κ1) is 14.3. The molecule has 124 valence electrons. The minimum atomic E-state index is -0.272. The van der Waals surface area contributed by atoms with Gasteiger partial charge in [0.1, 0.15) is 17.5 Å². The Bertz CT molecular complexity index is 1120. The predicted octanol–water partition coefficient (Wildman–Crippen LogP) is 3.81. The number of hydrogen-bond acceptors (Lipinski definition) is 4. The SMILES string of the molecule is Cc1nnc2nc(N3CCCc4ccccc43)c3cc(F)ccc3n12. The Morgan fingerprint density at radius 2 is 1.96 bits per heavy atom. The summed E-state index contributed by atoms with van der Waals surface area (Å²) >= 11 is 0. The van der Waals surface area contributed by atoms with Crippen LogP contribution in [0, 0.1) is 12.7 Å². The molecule has 1 aliphatic rings. The van der Waals surface area contributed by atoms with Crippen LogP contribution >= 0.6 is 0 Å². The summed E-state index contributed by atoms with van der Waals surface area (Å²) in [5.41, 5.74) is 3.29. The molecule has 0 fully saturated rings. The quantitative estimate of drug-likeness (QED) is 0.531. The smallest absolute Gasteiger partial charge is 0.257 e. The highest BCUT2D eigenvalue weighted by Crippen LogP contribution is 2.36. The molecule has 0 atom stereocenters. The summed E-state index contributed by atoms with van der Waals surface area (Å²) < 4.78 is 15.9. The van der Waals surface area contributed by atoms with Crippen molar-refractivity contribution >= 4 is 28.2 Å². The molecule has 1 aliphatic heterocycles. The summed E-state index contributed by atoms with van der Waals surface area (Å²) in [5.74, 6) is 1.74. The molecule has 2 aromatic carbocycles. The lowest BCUT2D eigenvalue weighted by atomic mass is 10.0. The number of para-hydroxylation sites is 1. The zero-order chi connectivity index (χ0) is 17.0. The molecule has 0 radical (unpaired) electrons. The van der Waals surface area contributed by atoms with Gasteiger partial charge in [-0.3, -0.25) is 4.40 Å². The number of hydrogen-bond donors (Lipinski definition) is 0. The Morgan fingerprint density at radius 1 is 1.08 bits per heavy atom. The molecule has 0 bridgehead atoms. The molecule has 0 aliphatic carbocycles. The van der Waals surface area contributed by atoms with Crippen LogP contribution < -0.4 is 4.90 Å². The largest absolute Gasteiger partial charge is 0.325 e. The van der Waals surface area contributed by atoms with Crippen molar-refractivity contribution in [1.82, 2.24) is 19.6 Å². The second-order valence-electron chi connectivity index (χ2n) is 6.36. The fourth-order valence-corrected chi connectivity index (χ4v) is 3.70. The summed E-state index contributed by atoms with van der Waals surface area (Å²) in [5, 5.41) is 9.09. The van der Waals surface area contributed by atoms with Gasteiger partial charge in [-0.05, 0) is 49.6 Å². The summed E-state index contributed by atoms with van der Waals surface area (Å²) in [6.07, 6.45) is 2.08. The molecule has 0 saturated heterocycles. The summed E-state index contributed by atoms with van der Waals surface area (Å²) in [4.78, 5) is 6.91. The second-order valence-corrected chi connectivity index (χ2v) is 6.36. The molecule has 2 aromatic heterocycles. The molecule has 0 spiro atoms. The van der Waals surface area contributed by atoms with E-state index < -0.39 is 0 Å². The van der Waals surface area contributed by atoms with Crippen molar-refractivity contribution in [2.75, 3.05) is 11.4 Å². The topological polar surface area (TPSA) is 46.3 Å². The Kier molecular flexibility index (Phi) is 3.00. The van der Waals surface area contributed by atoms with Crippen LogP contribution in [0.5, 0.6) is 0 Å². The molecule has 6 heteroatoms. The number of aryl methyl sites for hydroxylation is 2. The number of benzene rings is 2. The fraction of sp³-hybridized carbons (Fsp3) is 0.211. The van der Waals surface area contributed by atoms with Crippen LogP contribution in [0.2, 0.25) is 0 Å². The maximum Gasteiger partial charge on any atom is 0.257 e. The van der Waals surface area contributed by atoms with Gasteiger partial charge in [0.15, 0.2) is 0 Å². The van der Waals surface area contributed by atoms with Crippen LogP contribution in [-0.4, -0.2) is 26.1 Å². The van der Waals surface area contributed by atoms with E-state index in [-0.39, 0.29) is 5.82 Å². The van der Waals surface area contributed by atoms with Crippen molar-refractivity contribution in [3.8, 4) is 0 Å². The van der Waals surface area contributed by atoms with E-state index in [9.17, 15) is 4.39 Å². The van der Waals surface area contributed by atoms with Gasteiger partial charge >= 0.3 is 0 Å². The number of aromatic nitrogens is 4. The van der Waals surface area contributed by atoms with E-state index >= 15 is 0 Å². The maximum absolute atomic E-state index is 14.0. The first-order valence-electron chi connectivity index (χ1n) is 8.39. The van der Waals surface area contributed by atoms with Gasteiger partial charge in [0.25, 0.3) is 5.78 Å². The Hall–Kier alpha value is -3.02. The van der Waals surface area contributed by atoms with Crippen molar-refractivity contribution in [1.29, 1.82) is 0 Å². The van der Waals surface area contributed by atoms with Crippen molar-refractivity contribution in [3.63, 3.8) is 0 Å². The normalized spacial score (nSPS) is 14.2. The van der Waals surface area contributed by atoms with Gasteiger partial charge in [0.05, 0.1) is 5.52 Å². The number of halogens is 1. The molecular weight excluding hydrogens is 317 g/mol. The standard InChI is InChI=1S/C19H16FN5/c1-12-22-23-19-21-18(15-11-14(20)8-9-17(15)25(12)19)24-10-4-6-13-5-2-3-7-16(13)24/h2-3,5,7-9,11H,4,6,10H2,1H3. The molecule has 5 nitrogen and oxygen atoms in total. The van der Waals surface area contributed by atoms with Crippen LogP contribution in [0.1, 0.15) is 17.8 Å². The molecule has 0 unspecified atom stereocenters. The van der Waals surface area contributed by atoms with Gasteiger partial charge in [-0.1, -0.05) is 18.2 Å². The third-order valence-corrected chi connectivity index (χ3v) is 4.82. The van der Waals surface area contributed by atoms with Gasteiger partial charge in [0, 0.05) is 17.6 Å². The van der Waals surface area contributed by atoms with Crippen molar-refractivity contribution < 1.29 is 4.39 Å². The Labute approximate surface area is 143 Å². The van der Waals surface area contributed by atoms with Gasteiger partial charge < -0.3 is 4.90 Å². The van der Waals surface area contributed by atoms with Crippen LogP contribution in [-0.2, 0) is 6.42 Å². The summed E-state index contributed by atoms with van der Waals surface area (Å²) in [6.45, 7) is 2.72. The molecule has 25 heavy (non-hydrogen) atoms. The van der Waals surface area contributed by atoms with E-state index in [1.165, 1.54) is 11.6 Å². The van der Waals surface area contributed by atoms with E-state index in [0.29, 0.717) is 5.78 Å². The van der Waals surface area contributed by atoms with E-state index in [0.717, 1.165) is 47.6 Å². The monoisotopic (exact) mass is 333 g/mol. The lowest BCUT2D eigenvalue weighted by Gasteiger charge is -2.31. The van der Waals surface area contributed by atoms with Gasteiger partial charge in [-0.2, -0.15) is 4.98 Å².